The molecule has 0 bridgehead atoms. The van der Waals surface area contributed by atoms with E-state index in [1.807, 2.05) is 0 Å². The molecule has 1 aliphatic heterocycles. The molecule has 1 N–H and O–H groups in total. The summed E-state index contributed by atoms with van der Waals surface area (Å²) in [5, 5.41) is 3.27. The van der Waals surface area contributed by atoms with Crippen molar-refractivity contribution in [3.05, 3.63) is 0 Å². The number of piperidine rings is 1. The molecule has 0 aromatic heterocycles. The van der Waals surface area contributed by atoms with Crippen molar-refractivity contribution >= 4 is 11.8 Å². The van der Waals surface area contributed by atoms with E-state index in [-0.39, 0.29) is 0 Å². The van der Waals surface area contributed by atoms with Crippen LogP contribution in [0.1, 0.15) is 32.6 Å². The third-order valence-electron chi connectivity index (χ3n) is 3.20. The summed E-state index contributed by atoms with van der Waals surface area (Å²) in [6.07, 6.45) is 5.59. The zero-order valence-corrected chi connectivity index (χ0v) is 11.1. The summed E-state index contributed by atoms with van der Waals surface area (Å²) < 4.78 is 0. The number of nitrogens with zero attached hydrogens (tertiary/aromatic N) is 1. The molecule has 1 aliphatic rings. The second-order valence-corrected chi connectivity index (χ2v) is 5.67. The minimum atomic E-state index is 0.851. The van der Waals surface area contributed by atoms with Gasteiger partial charge in [-0.3, -0.25) is 4.90 Å². The Balaban J connectivity index is 2.22. The summed E-state index contributed by atoms with van der Waals surface area (Å²) in [4.78, 5) is 2.71. The second kappa shape index (κ2) is 8.43. The van der Waals surface area contributed by atoms with Gasteiger partial charge in [0.25, 0.3) is 0 Å². The lowest BCUT2D eigenvalue weighted by Crippen LogP contribution is -2.42. The molecule has 1 rings (SSSR count). The monoisotopic (exact) mass is 230 g/mol. The van der Waals surface area contributed by atoms with Gasteiger partial charge in [0.1, 0.15) is 0 Å². The number of likely N-dealkylation sites (tertiary alicyclic amines) is 1. The molecule has 0 aromatic carbocycles. The molecule has 2 nitrogen and oxygen atoms in total. The van der Waals surface area contributed by atoms with Crippen molar-refractivity contribution in [3.63, 3.8) is 0 Å². The lowest BCUT2D eigenvalue weighted by molar-refractivity contribution is 0.149. The van der Waals surface area contributed by atoms with Crippen molar-refractivity contribution in [1.82, 2.24) is 10.2 Å². The molecule has 15 heavy (non-hydrogen) atoms. The lowest BCUT2D eigenvalue weighted by atomic mass is 9.99. The summed E-state index contributed by atoms with van der Waals surface area (Å²) in [6.45, 7) is 6.05. The van der Waals surface area contributed by atoms with Gasteiger partial charge in [0.2, 0.25) is 0 Å². The van der Waals surface area contributed by atoms with Gasteiger partial charge in [0.05, 0.1) is 0 Å². The van der Waals surface area contributed by atoms with E-state index in [0.717, 1.165) is 6.04 Å². The quantitative estimate of drug-likeness (QED) is 0.675. The first kappa shape index (κ1) is 13.3. The second-order valence-electron chi connectivity index (χ2n) is 4.27. The summed E-state index contributed by atoms with van der Waals surface area (Å²) >= 11 is 2.07. The third kappa shape index (κ3) is 5.23. The zero-order valence-electron chi connectivity index (χ0n) is 10.3. The van der Waals surface area contributed by atoms with Crippen LogP contribution in [0.2, 0.25) is 0 Å². The molecule has 0 amide bonds. The molecule has 1 saturated heterocycles. The lowest BCUT2D eigenvalue weighted by Gasteiger charge is -2.35. The minimum absolute atomic E-state index is 0.851. The average molecular weight is 230 g/mol. The van der Waals surface area contributed by atoms with E-state index < -0.39 is 0 Å². The van der Waals surface area contributed by atoms with Crippen molar-refractivity contribution in [2.24, 2.45) is 0 Å². The molecule has 1 fully saturated rings. The smallest absolute Gasteiger partial charge is 0.0108 e. The first-order valence-corrected chi connectivity index (χ1v) is 7.50. The van der Waals surface area contributed by atoms with E-state index >= 15 is 0 Å². The standard InChI is InChI=1S/C12H26N2S/c1-3-15-11-10-14-9-5-4-6-12(14)7-8-13-2/h12-13H,3-11H2,1-2H3. The maximum absolute atomic E-state index is 3.27. The Kier molecular flexibility index (Phi) is 7.49. The van der Waals surface area contributed by atoms with Crippen LogP contribution in [-0.4, -0.2) is 49.1 Å². The van der Waals surface area contributed by atoms with Gasteiger partial charge in [-0.25, -0.2) is 0 Å². The Morgan fingerprint density at radius 2 is 2.27 bits per heavy atom. The molecular formula is C12H26N2S. The highest BCUT2D eigenvalue weighted by Gasteiger charge is 2.20. The van der Waals surface area contributed by atoms with E-state index in [2.05, 4.69) is 35.9 Å². The predicted molar refractivity (Wildman–Crippen MR) is 70.8 cm³/mol. The Morgan fingerprint density at radius 3 is 3.00 bits per heavy atom. The Morgan fingerprint density at radius 1 is 1.40 bits per heavy atom. The van der Waals surface area contributed by atoms with Gasteiger partial charge < -0.3 is 5.32 Å². The van der Waals surface area contributed by atoms with Gasteiger partial charge in [-0.05, 0) is 45.2 Å². The highest BCUT2D eigenvalue weighted by Crippen LogP contribution is 2.19. The van der Waals surface area contributed by atoms with Gasteiger partial charge in [-0.2, -0.15) is 11.8 Å². The average Bonchev–Trinajstić information content (AvgIpc) is 2.28. The van der Waals surface area contributed by atoms with Crippen molar-refractivity contribution in [1.29, 1.82) is 0 Å². The molecule has 90 valence electrons. The highest BCUT2D eigenvalue weighted by molar-refractivity contribution is 7.99. The molecule has 0 aliphatic carbocycles. The molecule has 0 spiro atoms. The van der Waals surface area contributed by atoms with E-state index in [1.54, 1.807) is 0 Å². The molecule has 0 aromatic rings. The van der Waals surface area contributed by atoms with Crippen molar-refractivity contribution in [3.8, 4) is 0 Å². The van der Waals surface area contributed by atoms with Crippen molar-refractivity contribution in [2.75, 3.05) is 38.2 Å². The van der Waals surface area contributed by atoms with Gasteiger partial charge in [0.15, 0.2) is 0 Å². The molecule has 0 radical (unpaired) electrons. The fourth-order valence-corrected chi connectivity index (χ4v) is 2.97. The SMILES string of the molecule is CCSCCN1CCCCC1CCNC. The fraction of sp³-hybridized carbons (Fsp3) is 1.00. The van der Waals surface area contributed by atoms with Crippen molar-refractivity contribution in [2.45, 2.75) is 38.6 Å². The number of hydrogen-bond donors (Lipinski definition) is 1. The van der Waals surface area contributed by atoms with Crippen LogP contribution >= 0.6 is 11.8 Å². The molecular weight excluding hydrogens is 204 g/mol. The van der Waals surface area contributed by atoms with Crippen LogP contribution in [0.25, 0.3) is 0 Å². The van der Waals surface area contributed by atoms with Gasteiger partial charge in [0, 0.05) is 18.3 Å². The van der Waals surface area contributed by atoms with Crippen LogP contribution in [0.4, 0.5) is 0 Å². The van der Waals surface area contributed by atoms with Crippen LogP contribution < -0.4 is 5.32 Å². The van der Waals surface area contributed by atoms with Crippen LogP contribution in [0, 0.1) is 0 Å². The number of nitrogens with one attached hydrogen (secondary N) is 1. The molecule has 1 heterocycles. The third-order valence-corrected chi connectivity index (χ3v) is 4.08. The predicted octanol–water partition coefficient (Wildman–Crippen LogP) is 2.20. The summed E-state index contributed by atoms with van der Waals surface area (Å²) in [5.74, 6) is 2.57. The van der Waals surface area contributed by atoms with Gasteiger partial charge in [-0.15, -0.1) is 0 Å². The highest BCUT2D eigenvalue weighted by atomic mass is 32.2. The van der Waals surface area contributed by atoms with Gasteiger partial charge >= 0.3 is 0 Å². The van der Waals surface area contributed by atoms with Crippen LogP contribution in [0.3, 0.4) is 0 Å². The zero-order chi connectivity index (χ0) is 10.9. The van der Waals surface area contributed by atoms with Crippen LogP contribution in [0.5, 0.6) is 0 Å². The Labute approximate surface area is 99.2 Å². The molecule has 0 saturated carbocycles. The molecule has 3 heteroatoms. The minimum Gasteiger partial charge on any atom is -0.320 e. The Bertz CT molecular complexity index is 153. The number of thioether (sulfide) groups is 1. The van der Waals surface area contributed by atoms with Crippen LogP contribution in [0.15, 0.2) is 0 Å². The summed E-state index contributed by atoms with van der Waals surface area (Å²) in [6, 6.07) is 0.851. The van der Waals surface area contributed by atoms with Crippen LogP contribution in [-0.2, 0) is 0 Å². The summed E-state index contributed by atoms with van der Waals surface area (Å²) in [7, 11) is 2.06. The van der Waals surface area contributed by atoms with Crippen molar-refractivity contribution < 1.29 is 0 Å². The number of hydrogen-bond acceptors (Lipinski definition) is 3. The topological polar surface area (TPSA) is 15.3 Å². The molecule has 1 atom stereocenters. The largest absolute Gasteiger partial charge is 0.320 e. The fourth-order valence-electron chi connectivity index (χ4n) is 2.32. The first-order valence-electron chi connectivity index (χ1n) is 6.35. The Hall–Kier alpha value is 0.270. The maximum atomic E-state index is 3.27. The molecule has 1 unspecified atom stereocenters. The van der Waals surface area contributed by atoms with Gasteiger partial charge in [-0.1, -0.05) is 13.3 Å². The van der Waals surface area contributed by atoms with E-state index in [0.29, 0.717) is 0 Å². The van der Waals surface area contributed by atoms with E-state index in [9.17, 15) is 0 Å². The first-order chi connectivity index (χ1) is 7.38. The maximum Gasteiger partial charge on any atom is 0.0108 e. The number of rotatable bonds is 7. The van der Waals surface area contributed by atoms with E-state index in [1.165, 1.54) is 56.8 Å². The normalized spacial score (nSPS) is 23.2. The summed E-state index contributed by atoms with van der Waals surface area (Å²) in [5.41, 5.74) is 0. The van der Waals surface area contributed by atoms with E-state index in [4.69, 9.17) is 0 Å².